The summed E-state index contributed by atoms with van der Waals surface area (Å²) in [5.41, 5.74) is 0. The highest BCUT2D eigenvalue weighted by Gasteiger charge is 2.31. The lowest BCUT2D eigenvalue weighted by Gasteiger charge is -2.28. The molecule has 0 unspecified atom stereocenters. The predicted molar refractivity (Wildman–Crippen MR) is 87.9 cm³/mol. The summed E-state index contributed by atoms with van der Waals surface area (Å²) in [4.78, 5) is 26.4. The maximum atomic E-state index is 12.2. The van der Waals surface area contributed by atoms with Gasteiger partial charge in [0.2, 0.25) is 0 Å². The lowest BCUT2D eigenvalue weighted by Crippen LogP contribution is -2.51. The summed E-state index contributed by atoms with van der Waals surface area (Å²) in [6, 6.07) is -1.66. The van der Waals surface area contributed by atoms with Crippen molar-refractivity contribution in [3.63, 3.8) is 0 Å². The zero-order chi connectivity index (χ0) is 16.7. The van der Waals surface area contributed by atoms with Crippen molar-refractivity contribution in [2.45, 2.75) is 57.3 Å². The van der Waals surface area contributed by atoms with E-state index < -0.39 is 18.1 Å². The SMILES string of the molecule is CC(C)SNC(=O)N(C(=N)OC1CCCCC1)C(=O)N(C)C. The van der Waals surface area contributed by atoms with Crippen molar-refractivity contribution in [1.29, 1.82) is 5.41 Å². The largest absolute Gasteiger partial charge is 0.461 e. The Morgan fingerprint density at radius 1 is 1.23 bits per heavy atom. The van der Waals surface area contributed by atoms with Crippen molar-refractivity contribution >= 4 is 30.0 Å². The molecule has 1 aliphatic carbocycles. The average molecular weight is 330 g/mol. The van der Waals surface area contributed by atoms with Gasteiger partial charge < -0.3 is 9.64 Å². The molecule has 1 saturated carbocycles. The van der Waals surface area contributed by atoms with Crippen molar-refractivity contribution in [3.8, 4) is 0 Å². The topological polar surface area (TPSA) is 85.7 Å². The first kappa shape index (κ1) is 18.6. The second-order valence-electron chi connectivity index (χ2n) is 5.77. The molecule has 4 amide bonds. The number of hydrogen-bond donors (Lipinski definition) is 2. The summed E-state index contributed by atoms with van der Waals surface area (Å²) in [5.74, 6) is 0. The number of amidine groups is 1. The van der Waals surface area contributed by atoms with Gasteiger partial charge in [-0.3, -0.25) is 10.1 Å². The van der Waals surface area contributed by atoms with Crippen LogP contribution in [0.15, 0.2) is 0 Å². The Bertz CT molecular complexity index is 409. The Morgan fingerprint density at radius 2 is 1.82 bits per heavy atom. The van der Waals surface area contributed by atoms with E-state index in [4.69, 9.17) is 10.1 Å². The van der Waals surface area contributed by atoms with Crippen LogP contribution in [0.1, 0.15) is 46.0 Å². The number of imide groups is 1. The Morgan fingerprint density at radius 3 is 2.32 bits per heavy atom. The van der Waals surface area contributed by atoms with Crippen LogP contribution in [-0.2, 0) is 4.74 Å². The van der Waals surface area contributed by atoms with E-state index in [1.165, 1.54) is 37.4 Å². The summed E-state index contributed by atoms with van der Waals surface area (Å²) in [6.45, 7) is 3.85. The van der Waals surface area contributed by atoms with Crippen LogP contribution in [-0.4, -0.2) is 53.3 Å². The number of amides is 4. The quantitative estimate of drug-likeness (QED) is 0.473. The molecule has 2 N–H and O–H groups in total. The monoisotopic (exact) mass is 330 g/mol. The number of rotatable bonds is 3. The average Bonchev–Trinajstić information content (AvgIpc) is 2.46. The molecule has 0 radical (unpaired) electrons. The number of hydrogen-bond acceptors (Lipinski definition) is 5. The van der Waals surface area contributed by atoms with Crippen molar-refractivity contribution in [2.24, 2.45) is 0 Å². The minimum Gasteiger partial charge on any atom is -0.461 e. The van der Waals surface area contributed by atoms with Gasteiger partial charge in [0.05, 0.1) is 0 Å². The molecule has 0 heterocycles. The third-order valence-electron chi connectivity index (χ3n) is 3.19. The number of carbonyl (C=O) groups excluding carboxylic acids is 2. The molecular formula is C14H26N4O3S. The number of urea groups is 2. The molecule has 8 heteroatoms. The molecule has 1 aliphatic rings. The first-order valence-corrected chi connectivity index (χ1v) is 8.43. The highest BCUT2D eigenvalue weighted by atomic mass is 32.2. The first-order chi connectivity index (χ1) is 10.3. The minimum atomic E-state index is -0.654. The van der Waals surface area contributed by atoms with Crippen molar-refractivity contribution < 1.29 is 14.3 Å². The van der Waals surface area contributed by atoms with E-state index in [0.29, 0.717) is 0 Å². The van der Waals surface area contributed by atoms with Crippen LogP contribution in [0.2, 0.25) is 0 Å². The van der Waals surface area contributed by atoms with Crippen LogP contribution in [0, 0.1) is 5.41 Å². The van der Waals surface area contributed by atoms with Gasteiger partial charge in [-0.2, -0.15) is 4.90 Å². The van der Waals surface area contributed by atoms with E-state index in [9.17, 15) is 9.59 Å². The zero-order valence-corrected chi connectivity index (χ0v) is 14.5. The van der Waals surface area contributed by atoms with Gasteiger partial charge in [0.15, 0.2) is 0 Å². The molecule has 1 fully saturated rings. The summed E-state index contributed by atoms with van der Waals surface area (Å²) in [5, 5.41) is 8.18. The van der Waals surface area contributed by atoms with Crippen LogP contribution >= 0.6 is 11.9 Å². The van der Waals surface area contributed by atoms with Crippen molar-refractivity contribution in [1.82, 2.24) is 14.5 Å². The molecule has 0 bridgehead atoms. The van der Waals surface area contributed by atoms with Gasteiger partial charge >= 0.3 is 18.1 Å². The smallest absolute Gasteiger partial charge is 0.343 e. The van der Waals surface area contributed by atoms with Crippen molar-refractivity contribution in [2.75, 3.05) is 14.1 Å². The van der Waals surface area contributed by atoms with E-state index >= 15 is 0 Å². The normalized spacial score (nSPS) is 15.3. The molecule has 1 rings (SSSR count). The van der Waals surface area contributed by atoms with Crippen LogP contribution in [0.4, 0.5) is 9.59 Å². The first-order valence-electron chi connectivity index (χ1n) is 7.55. The van der Waals surface area contributed by atoms with Crippen LogP contribution in [0.25, 0.3) is 0 Å². The Hall–Kier alpha value is -1.44. The van der Waals surface area contributed by atoms with E-state index in [1.807, 2.05) is 13.8 Å². The standard InChI is InChI=1S/C14H26N4O3S/c1-10(2)22-16-13(19)18(14(20)17(3)4)12(15)21-11-8-6-5-7-9-11/h10-11,15H,5-9H2,1-4H3,(H,16,19). The van der Waals surface area contributed by atoms with E-state index in [0.717, 1.165) is 30.6 Å². The molecule has 0 aliphatic heterocycles. The van der Waals surface area contributed by atoms with Gasteiger partial charge in [-0.1, -0.05) is 20.3 Å². The maximum Gasteiger partial charge on any atom is 0.343 e. The van der Waals surface area contributed by atoms with E-state index in [1.54, 1.807) is 0 Å². The predicted octanol–water partition coefficient (Wildman–Crippen LogP) is 3.02. The summed E-state index contributed by atoms with van der Waals surface area (Å²) in [6.07, 6.45) is 4.89. The van der Waals surface area contributed by atoms with E-state index in [2.05, 4.69) is 4.72 Å². The van der Waals surface area contributed by atoms with Crippen LogP contribution in [0.3, 0.4) is 0 Å². The second kappa shape index (κ2) is 8.87. The van der Waals surface area contributed by atoms with Crippen molar-refractivity contribution in [3.05, 3.63) is 0 Å². The fraction of sp³-hybridized carbons (Fsp3) is 0.786. The molecule has 126 valence electrons. The highest BCUT2D eigenvalue weighted by Crippen LogP contribution is 2.21. The fourth-order valence-electron chi connectivity index (χ4n) is 2.07. The van der Waals surface area contributed by atoms with Crippen LogP contribution < -0.4 is 4.72 Å². The highest BCUT2D eigenvalue weighted by molar-refractivity contribution is 7.98. The fourth-order valence-corrected chi connectivity index (χ4v) is 2.50. The van der Waals surface area contributed by atoms with Gasteiger partial charge in [0.1, 0.15) is 6.10 Å². The lowest BCUT2D eigenvalue weighted by atomic mass is 9.98. The zero-order valence-electron chi connectivity index (χ0n) is 13.7. The third kappa shape index (κ3) is 5.75. The Balaban J connectivity index is 2.73. The van der Waals surface area contributed by atoms with Gasteiger partial charge in [0.25, 0.3) is 0 Å². The molecule has 0 aromatic carbocycles. The third-order valence-corrected chi connectivity index (χ3v) is 3.96. The minimum absolute atomic E-state index is 0.0933. The Labute approximate surface area is 136 Å². The molecule has 0 atom stereocenters. The van der Waals surface area contributed by atoms with Gasteiger partial charge in [-0.15, -0.1) is 0 Å². The summed E-state index contributed by atoms with van der Waals surface area (Å²) >= 11 is 1.20. The number of nitrogens with one attached hydrogen (secondary N) is 2. The molecule has 22 heavy (non-hydrogen) atoms. The number of carbonyl (C=O) groups is 2. The number of ether oxygens (including phenoxy) is 1. The van der Waals surface area contributed by atoms with Gasteiger partial charge in [-0.05, 0) is 37.6 Å². The molecule has 0 saturated heterocycles. The molecule has 0 aromatic heterocycles. The van der Waals surface area contributed by atoms with Crippen LogP contribution in [0.5, 0.6) is 0 Å². The number of nitrogens with zero attached hydrogens (tertiary/aromatic N) is 2. The lowest BCUT2D eigenvalue weighted by molar-refractivity contribution is 0.115. The molecule has 7 nitrogen and oxygen atoms in total. The maximum absolute atomic E-state index is 12.2. The summed E-state index contributed by atoms with van der Waals surface area (Å²) < 4.78 is 8.12. The molecule has 0 aromatic rings. The molecule has 0 spiro atoms. The van der Waals surface area contributed by atoms with E-state index in [-0.39, 0.29) is 11.4 Å². The summed E-state index contributed by atoms with van der Waals surface area (Å²) in [7, 11) is 3.07. The molecular weight excluding hydrogens is 304 g/mol. The second-order valence-corrected chi connectivity index (χ2v) is 7.15. The van der Waals surface area contributed by atoms with Gasteiger partial charge in [0, 0.05) is 19.3 Å². The van der Waals surface area contributed by atoms with Gasteiger partial charge in [-0.25, -0.2) is 9.59 Å². The Kier molecular flexibility index (Phi) is 7.50.